The quantitative estimate of drug-likeness (QED) is 0.510. The number of nitrogens with one attached hydrogen (secondary N) is 1. The molecule has 0 spiro atoms. The van der Waals surface area contributed by atoms with E-state index in [0.717, 1.165) is 23.1 Å². The van der Waals surface area contributed by atoms with Gasteiger partial charge in [-0.2, -0.15) is 0 Å². The molecule has 2 aromatic heterocycles. The summed E-state index contributed by atoms with van der Waals surface area (Å²) in [4.78, 5) is 13.6. The molecule has 5 nitrogen and oxygen atoms in total. The number of halogens is 1. The van der Waals surface area contributed by atoms with Crippen LogP contribution >= 0.6 is 34.7 Å². The first-order valence-corrected chi connectivity index (χ1v) is 10.9. The van der Waals surface area contributed by atoms with E-state index in [0.29, 0.717) is 16.6 Å². The number of hydrogen-bond donors (Lipinski definition) is 1. The van der Waals surface area contributed by atoms with E-state index in [4.69, 9.17) is 11.6 Å². The van der Waals surface area contributed by atoms with E-state index < -0.39 is 0 Å². The van der Waals surface area contributed by atoms with E-state index in [1.54, 1.807) is 23.5 Å². The second-order valence-electron chi connectivity index (χ2n) is 6.26. The lowest BCUT2D eigenvalue weighted by Gasteiger charge is -2.08. The van der Waals surface area contributed by atoms with Crippen LogP contribution in [0.2, 0.25) is 5.02 Å². The van der Waals surface area contributed by atoms with Crippen molar-refractivity contribution in [3.8, 4) is 11.4 Å². The number of amides is 1. The van der Waals surface area contributed by atoms with E-state index in [1.165, 1.54) is 16.6 Å². The van der Waals surface area contributed by atoms with Crippen molar-refractivity contribution in [1.29, 1.82) is 0 Å². The van der Waals surface area contributed by atoms with Gasteiger partial charge in [-0.1, -0.05) is 49.3 Å². The summed E-state index contributed by atoms with van der Waals surface area (Å²) in [5.74, 6) is 1.45. The van der Waals surface area contributed by atoms with Gasteiger partial charge in [0, 0.05) is 22.4 Å². The first kappa shape index (κ1) is 19.9. The summed E-state index contributed by atoms with van der Waals surface area (Å²) in [7, 11) is 0. The van der Waals surface area contributed by atoms with Crippen LogP contribution in [0.4, 0.5) is 5.69 Å². The minimum absolute atomic E-state index is 0.127. The molecule has 0 saturated heterocycles. The summed E-state index contributed by atoms with van der Waals surface area (Å²) in [6, 6.07) is 9.36. The Morgan fingerprint density at radius 1 is 1.33 bits per heavy atom. The Kier molecular flexibility index (Phi) is 6.57. The van der Waals surface area contributed by atoms with Gasteiger partial charge in [-0.3, -0.25) is 4.79 Å². The second-order valence-corrected chi connectivity index (χ2v) is 8.55. The first-order valence-electron chi connectivity index (χ1n) is 8.68. The second kappa shape index (κ2) is 8.91. The van der Waals surface area contributed by atoms with Crippen molar-refractivity contribution < 1.29 is 4.79 Å². The number of rotatable bonds is 7. The largest absolute Gasteiger partial charge is 0.324 e. The lowest BCUT2D eigenvalue weighted by Crippen LogP contribution is -2.15. The van der Waals surface area contributed by atoms with Gasteiger partial charge in [0.1, 0.15) is 0 Å². The van der Waals surface area contributed by atoms with Crippen molar-refractivity contribution in [2.24, 2.45) is 0 Å². The monoisotopic (exact) mass is 420 g/mol. The van der Waals surface area contributed by atoms with Crippen molar-refractivity contribution in [3.63, 3.8) is 0 Å². The number of aromatic nitrogens is 3. The molecule has 3 rings (SSSR count). The molecule has 0 unspecified atom stereocenters. The highest BCUT2D eigenvalue weighted by Gasteiger charge is 2.16. The Hall–Kier alpha value is -1.83. The zero-order chi connectivity index (χ0) is 19.4. The van der Waals surface area contributed by atoms with Crippen LogP contribution in [0.3, 0.4) is 0 Å². The molecular weight excluding hydrogens is 400 g/mol. The third-order valence-electron chi connectivity index (χ3n) is 3.96. The van der Waals surface area contributed by atoms with Crippen molar-refractivity contribution >= 4 is 46.3 Å². The van der Waals surface area contributed by atoms with Crippen LogP contribution in [0.25, 0.3) is 11.4 Å². The van der Waals surface area contributed by atoms with Crippen LogP contribution in [0.5, 0.6) is 0 Å². The van der Waals surface area contributed by atoms with E-state index in [2.05, 4.69) is 47.7 Å². The molecule has 0 aliphatic rings. The highest BCUT2D eigenvalue weighted by molar-refractivity contribution is 7.99. The van der Waals surface area contributed by atoms with Gasteiger partial charge in [0.05, 0.1) is 16.5 Å². The van der Waals surface area contributed by atoms with E-state index >= 15 is 0 Å². The first-order chi connectivity index (χ1) is 13.0. The fourth-order valence-electron chi connectivity index (χ4n) is 2.55. The number of thioether (sulfide) groups is 1. The van der Waals surface area contributed by atoms with Crippen molar-refractivity contribution in [2.75, 3.05) is 11.1 Å². The number of thiophene rings is 1. The third-order valence-corrected chi connectivity index (χ3v) is 6.49. The molecule has 27 heavy (non-hydrogen) atoms. The molecule has 1 N–H and O–H groups in total. The van der Waals surface area contributed by atoms with Gasteiger partial charge in [0.2, 0.25) is 5.91 Å². The Balaban J connectivity index is 1.69. The van der Waals surface area contributed by atoms with Gasteiger partial charge in [-0.15, -0.1) is 21.5 Å². The molecule has 1 aromatic carbocycles. The van der Waals surface area contributed by atoms with Crippen LogP contribution in [-0.2, 0) is 11.3 Å². The van der Waals surface area contributed by atoms with E-state index in [-0.39, 0.29) is 11.7 Å². The summed E-state index contributed by atoms with van der Waals surface area (Å²) < 4.78 is 2.04. The number of nitrogens with zero attached hydrogens (tertiary/aromatic N) is 3. The zero-order valence-corrected chi connectivity index (χ0v) is 17.8. The van der Waals surface area contributed by atoms with Crippen LogP contribution in [-0.4, -0.2) is 26.4 Å². The zero-order valence-electron chi connectivity index (χ0n) is 15.4. The maximum atomic E-state index is 12.2. The Labute approximate surface area is 172 Å². The van der Waals surface area contributed by atoms with Crippen LogP contribution < -0.4 is 5.32 Å². The predicted octanol–water partition coefficient (Wildman–Crippen LogP) is 5.53. The lowest BCUT2D eigenvalue weighted by molar-refractivity contribution is -0.113. The SMILES string of the molecule is CCn1c(SCC(=O)Nc2ccccc2Cl)nnc1-c1csc(C(C)C)c1. The molecule has 3 aromatic rings. The molecule has 8 heteroatoms. The molecule has 0 saturated carbocycles. The van der Waals surface area contributed by atoms with Crippen LogP contribution in [0.15, 0.2) is 40.9 Å². The molecule has 0 radical (unpaired) electrons. The molecule has 142 valence electrons. The summed E-state index contributed by atoms with van der Waals surface area (Å²) in [5, 5.41) is 14.8. The maximum absolute atomic E-state index is 12.2. The summed E-state index contributed by atoms with van der Waals surface area (Å²) in [5.41, 5.74) is 1.69. The van der Waals surface area contributed by atoms with E-state index in [9.17, 15) is 4.79 Å². The molecule has 0 aliphatic carbocycles. The average Bonchev–Trinajstić information content (AvgIpc) is 3.28. The highest BCUT2D eigenvalue weighted by atomic mass is 35.5. The molecule has 0 fully saturated rings. The minimum atomic E-state index is -0.127. The summed E-state index contributed by atoms with van der Waals surface area (Å²) in [6.07, 6.45) is 0. The standard InChI is InChI=1S/C19H21ClN4OS2/c1-4-24-18(13-9-16(12(2)3)26-10-13)22-23-19(24)27-11-17(25)21-15-8-6-5-7-14(15)20/h5-10,12H,4,11H2,1-3H3,(H,21,25). The predicted molar refractivity (Wildman–Crippen MR) is 114 cm³/mol. The maximum Gasteiger partial charge on any atom is 0.234 e. The number of hydrogen-bond acceptors (Lipinski definition) is 5. The molecule has 0 bridgehead atoms. The van der Waals surface area contributed by atoms with Gasteiger partial charge in [-0.05, 0) is 31.0 Å². The topological polar surface area (TPSA) is 59.8 Å². The Morgan fingerprint density at radius 3 is 2.78 bits per heavy atom. The summed E-state index contributed by atoms with van der Waals surface area (Å²) in [6.45, 7) is 7.15. The number of benzene rings is 1. The van der Waals surface area contributed by atoms with Crippen molar-refractivity contribution in [2.45, 2.75) is 38.4 Å². The van der Waals surface area contributed by atoms with Crippen LogP contribution in [0.1, 0.15) is 31.6 Å². The lowest BCUT2D eigenvalue weighted by atomic mass is 10.1. The van der Waals surface area contributed by atoms with Crippen molar-refractivity contribution in [3.05, 3.63) is 45.6 Å². The van der Waals surface area contributed by atoms with Gasteiger partial charge >= 0.3 is 0 Å². The average molecular weight is 421 g/mol. The van der Waals surface area contributed by atoms with Gasteiger partial charge in [-0.25, -0.2) is 0 Å². The number of para-hydroxylation sites is 1. The fraction of sp³-hybridized carbons (Fsp3) is 0.316. The molecule has 2 heterocycles. The normalized spacial score (nSPS) is 11.1. The van der Waals surface area contributed by atoms with Gasteiger partial charge in [0.25, 0.3) is 0 Å². The van der Waals surface area contributed by atoms with Gasteiger partial charge in [0.15, 0.2) is 11.0 Å². The third kappa shape index (κ3) is 4.72. The molecule has 1 amide bonds. The van der Waals surface area contributed by atoms with Crippen LogP contribution in [0, 0.1) is 0 Å². The molecular formula is C19H21ClN4OS2. The number of anilines is 1. The minimum Gasteiger partial charge on any atom is -0.324 e. The number of carbonyl (C=O) groups is 1. The molecule has 0 atom stereocenters. The van der Waals surface area contributed by atoms with E-state index in [1.807, 2.05) is 16.7 Å². The fourth-order valence-corrected chi connectivity index (χ4v) is 4.43. The molecule has 0 aliphatic heterocycles. The Morgan fingerprint density at radius 2 is 2.11 bits per heavy atom. The van der Waals surface area contributed by atoms with Gasteiger partial charge < -0.3 is 9.88 Å². The van der Waals surface area contributed by atoms with Crippen molar-refractivity contribution in [1.82, 2.24) is 14.8 Å². The summed E-state index contributed by atoms with van der Waals surface area (Å²) >= 11 is 9.19. The highest BCUT2D eigenvalue weighted by Crippen LogP contribution is 2.31. The smallest absolute Gasteiger partial charge is 0.234 e. The number of carbonyl (C=O) groups excluding carboxylic acids is 1. The Bertz CT molecular complexity index is 935.